The van der Waals surface area contributed by atoms with Gasteiger partial charge in [0.2, 0.25) is 17.7 Å². The highest BCUT2D eigenvalue weighted by Crippen LogP contribution is 2.27. The van der Waals surface area contributed by atoms with Gasteiger partial charge in [0, 0.05) is 25.6 Å². The summed E-state index contributed by atoms with van der Waals surface area (Å²) in [7, 11) is 0. The summed E-state index contributed by atoms with van der Waals surface area (Å²) in [5.74, 6) is -2.97. The van der Waals surface area contributed by atoms with Gasteiger partial charge in [-0.05, 0) is 42.3 Å². The third-order valence-electron chi connectivity index (χ3n) is 5.13. The molecule has 1 aliphatic rings. The lowest BCUT2D eigenvalue weighted by Gasteiger charge is -2.18. The SMILES string of the molecule is O=C(/C=C/c1ccco1)NCc1cc(Cl)c(C(=O)NC(CNC(=O)C2CCC(=O)N2)C(=O)O)c(Cl)c1. The molecule has 4 amide bonds. The first kappa shape index (κ1) is 26.8. The molecule has 1 aromatic carbocycles. The molecule has 1 aliphatic heterocycles. The molecule has 2 heterocycles. The number of halogens is 2. The van der Waals surface area contributed by atoms with Gasteiger partial charge in [0.1, 0.15) is 17.8 Å². The average molecular weight is 537 g/mol. The van der Waals surface area contributed by atoms with Crippen LogP contribution >= 0.6 is 23.2 Å². The number of carboxylic acids is 1. The predicted octanol–water partition coefficient (Wildman–Crippen LogP) is 1.49. The van der Waals surface area contributed by atoms with Crippen molar-refractivity contribution in [2.24, 2.45) is 0 Å². The summed E-state index contributed by atoms with van der Waals surface area (Å²) in [6.07, 6.45) is 4.76. The molecule has 2 atom stereocenters. The van der Waals surface area contributed by atoms with E-state index in [1.807, 2.05) is 0 Å². The zero-order chi connectivity index (χ0) is 26.2. The normalized spacial score (nSPS) is 15.8. The molecule has 2 aromatic rings. The van der Waals surface area contributed by atoms with E-state index in [4.69, 9.17) is 27.6 Å². The van der Waals surface area contributed by atoms with Gasteiger partial charge in [-0.1, -0.05) is 23.2 Å². The van der Waals surface area contributed by atoms with Crippen molar-refractivity contribution in [3.63, 3.8) is 0 Å². The Bertz CT molecular complexity index is 1170. The minimum Gasteiger partial charge on any atom is -0.480 e. The second-order valence-corrected chi connectivity index (χ2v) is 8.58. The number of aliphatic carboxylic acids is 1. The summed E-state index contributed by atoms with van der Waals surface area (Å²) in [5.41, 5.74) is 0.341. The molecule has 13 heteroatoms. The van der Waals surface area contributed by atoms with Crippen molar-refractivity contribution < 1.29 is 33.5 Å². The zero-order valence-corrected chi connectivity index (χ0v) is 20.2. The van der Waals surface area contributed by atoms with Crippen molar-refractivity contribution in [1.29, 1.82) is 0 Å². The summed E-state index contributed by atoms with van der Waals surface area (Å²) >= 11 is 12.4. The third-order valence-corrected chi connectivity index (χ3v) is 5.73. The quantitative estimate of drug-likeness (QED) is 0.286. The Kier molecular flexibility index (Phi) is 9.09. The van der Waals surface area contributed by atoms with E-state index in [0.717, 1.165) is 0 Å². The third kappa shape index (κ3) is 7.33. The van der Waals surface area contributed by atoms with Crippen LogP contribution in [0.3, 0.4) is 0 Å². The van der Waals surface area contributed by atoms with Crippen LogP contribution in [0.25, 0.3) is 6.08 Å². The molecule has 0 radical (unpaired) electrons. The lowest BCUT2D eigenvalue weighted by atomic mass is 10.1. The summed E-state index contributed by atoms with van der Waals surface area (Å²) in [5, 5.41) is 19.1. The van der Waals surface area contributed by atoms with Crippen LogP contribution < -0.4 is 21.3 Å². The number of carbonyl (C=O) groups excluding carboxylic acids is 4. The fourth-order valence-corrected chi connectivity index (χ4v) is 4.01. The Morgan fingerprint density at radius 1 is 1.19 bits per heavy atom. The van der Waals surface area contributed by atoms with Gasteiger partial charge in [0.15, 0.2) is 0 Å². The number of nitrogens with one attached hydrogen (secondary N) is 4. The van der Waals surface area contributed by atoms with Crippen molar-refractivity contribution in [2.45, 2.75) is 31.5 Å². The monoisotopic (exact) mass is 536 g/mol. The second-order valence-electron chi connectivity index (χ2n) is 7.77. The highest BCUT2D eigenvalue weighted by atomic mass is 35.5. The van der Waals surface area contributed by atoms with Crippen LogP contribution in [-0.4, -0.2) is 53.3 Å². The Hall–Kier alpha value is -3.83. The molecule has 11 nitrogen and oxygen atoms in total. The van der Waals surface area contributed by atoms with Crippen molar-refractivity contribution in [3.05, 3.63) is 63.5 Å². The topological polar surface area (TPSA) is 167 Å². The Morgan fingerprint density at radius 3 is 2.50 bits per heavy atom. The maximum absolute atomic E-state index is 12.7. The van der Waals surface area contributed by atoms with Gasteiger partial charge < -0.3 is 30.8 Å². The molecule has 2 unspecified atom stereocenters. The van der Waals surface area contributed by atoms with Gasteiger partial charge in [-0.3, -0.25) is 19.2 Å². The van der Waals surface area contributed by atoms with Crippen LogP contribution in [0.4, 0.5) is 0 Å². The molecule has 190 valence electrons. The molecule has 5 N–H and O–H groups in total. The number of hydrogen-bond acceptors (Lipinski definition) is 6. The van der Waals surface area contributed by atoms with E-state index in [2.05, 4.69) is 21.3 Å². The average Bonchev–Trinajstić information content (AvgIpc) is 3.50. The molecule has 0 spiro atoms. The number of furan rings is 1. The van der Waals surface area contributed by atoms with E-state index in [9.17, 15) is 29.1 Å². The lowest BCUT2D eigenvalue weighted by molar-refractivity contribution is -0.139. The molecule has 0 aliphatic carbocycles. The summed E-state index contributed by atoms with van der Waals surface area (Å²) in [6, 6.07) is 3.97. The van der Waals surface area contributed by atoms with E-state index in [1.54, 1.807) is 12.1 Å². The van der Waals surface area contributed by atoms with E-state index in [1.165, 1.54) is 30.5 Å². The number of carboxylic acid groups (broad SMARTS) is 1. The van der Waals surface area contributed by atoms with Gasteiger partial charge in [0.05, 0.1) is 21.9 Å². The lowest BCUT2D eigenvalue weighted by Crippen LogP contribution is -2.51. The Labute approximate surface area is 215 Å². The van der Waals surface area contributed by atoms with Gasteiger partial charge in [-0.15, -0.1) is 0 Å². The highest BCUT2D eigenvalue weighted by Gasteiger charge is 2.29. The molecule has 1 fully saturated rings. The van der Waals surface area contributed by atoms with E-state index < -0.39 is 42.3 Å². The fourth-order valence-electron chi connectivity index (χ4n) is 3.30. The summed E-state index contributed by atoms with van der Waals surface area (Å²) in [6.45, 7) is -0.360. The van der Waals surface area contributed by atoms with Crippen molar-refractivity contribution >= 4 is 58.9 Å². The number of rotatable bonds is 10. The van der Waals surface area contributed by atoms with Gasteiger partial charge >= 0.3 is 5.97 Å². The largest absolute Gasteiger partial charge is 0.480 e. The predicted molar refractivity (Wildman–Crippen MR) is 129 cm³/mol. The van der Waals surface area contributed by atoms with Gasteiger partial charge in [-0.2, -0.15) is 0 Å². The smallest absolute Gasteiger partial charge is 0.328 e. The van der Waals surface area contributed by atoms with Crippen LogP contribution in [0.1, 0.15) is 34.5 Å². The maximum atomic E-state index is 12.7. The van der Waals surface area contributed by atoms with Crippen LogP contribution in [0.2, 0.25) is 10.0 Å². The first-order chi connectivity index (χ1) is 17.1. The van der Waals surface area contributed by atoms with Gasteiger partial charge in [-0.25, -0.2) is 4.79 Å². The van der Waals surface area contributed by atoms with Crippen LogP contribution in [0.5, 0.6) is 0 Å². The zero-order valence-electron chi connectivity index (χ0n) is 18.7. The number of hydrogen-bond donors (Lipinski definition) is 5. The minimum absolute atomic E-state index is 0.0581. The second kappa shape index (κ2) is 12.2. The Morgan fingerprint density at radius 2 is 1.92 bits per heavy atom. The molecule has 0 bridgehead atoms. The number of carbonyl (C=O) groups is 5. The van der Waals surface area contributed by atoms with E-state index >= 15 is 0 Å². The van der Waals surface area contributed by atoms with Crippen molar-refractivity contribution in [1.82, 2.24) is 21.3 Å². The van der Waals surface area contributed by atoms with E-state index in [0.29, 0.717) is 17.7 Å². The van der Waals surface area contributed by atoms with Crippen molar-refractivity contribution in [2.75, 3.05) is 6.54 Å². The van der Waals surface area contributed by atoms with Crippen LogP contribution in [-0.2, 0) is 25.7 Å². The van der Waals surface area contributed by atoms with Crippen LogP contribution in [0, 0.1) is 0 Å². The molecule has 36 heavy (non-hydrogen) atoms. The molecular formula is C23H22Cl2N4O7. The molecule has 3 rings (SSSR count). The number of amides is 4. The molecule has 0 saturated carbocycles. The highest BCUT2D eigenvalue weighted by molar-refractivity contribution is 6.39. The van der Waals surface area contributed by atoms with Crippen molar-refractivity contribution in [3.8, 4) is 0 Å². The molecule has 1 aromatic heterocycles. The van der Waals surface area contributed by atoms with Crippen LogP contribution in [0.15, 0.2) is 41.0 Å². The summed E-state index contributed by atoms with van der Waals surface area (Å²) in [4.78, 5) is 59.7. The standard InChI is InChI=1S/C23H22Cl2N4O7/c24-14-8-12(10-26-18(30)5-3-13-2-1-7-36-13)9-15(25)20(14)22(33)29-17(23(34)35)11-27-21(32)16-4-6-19(31)28-16/h1-3,5,7-9,16-17H,4,6,10-11H2,(H,26,30)(H,27,32)(H,28,31)(H,29,33)(H,34,35)/b5-3+. The first-order valence-electron chi connectivity index (χ1n) is 10.7. The van der Waals surface area contributed by atoms with Gasteiger partial charge in [0.25, 0.3) is 5.91 Å². The fraction of sp³-hybridized carbons (Fsp3) is 0.261. The molecular weight excluding hydrogens is 515 g/mol. The number of benzene rings is 1. The summed E-state index contributed by atoms with van der Waals surface area (Å²) < 4.78 is 5.10. The Balaban J connectivity index is 1.58. The van der Waals surface area contributed by atoms with E-state index in [-0.39, 0.29) is 34.5 Å². The molecule has 1 saturated heterocycles. The minimum atomic E-state index is -1.48. The maximum Gasteiger partial charge on any atom is 0.328 e. The first-order valence-corrected chi connectivity index (χ1v) is 11.5.